The van der Waals surface area contributed by atoms with Crippen molar-refractivity contribution >= 4 is 0 Å². The van der Waals surface area contributed by atoms with E-state index in [1.807, 2.05) is 0 Å². The summed E-state index contributed by atoms with van der Waals surface area (Å²) in [5.74, 6) is 0. The molecule has 2 rings (SSSR count). The van der Waals surface area contributed by atoms with Gasteiger partial charge in [-0.15, -0.1) is 0 Å². The van der Waals surface area contributed by atoms with Crippen molar-refractivity contribution in [2.75, 3.05) is 27.2 Å². The molecule has 3 unspecified atom stereocenters. The lowest BCUT2D eigenvalue weighted by Crippen LogP contribution is -2.42. The zero-order chi connectivity index (χ0) is 15.1. The van der Waals surface area contributed by atoms with Gasteiger partial charge in [-0.1, -0.05) is 43.7 Å². The lowest BCUT2D eigenvalue weighted by Gasteiger charge is -2.33. The molecular formula is C18H30N2O. The molecule has 3 atom stereocenters. The van der Waals surface area contributed by atoms with Gasteiger partial charge in [0.2, 0.25) is 0 Å². The van der Waals surface area contributed by atoms with Crippen LogP contribution in [0, 0.1) is 0 Å². The van der Waals surface area contributed by atoms with Crippen LogP contribution in [0.4, 0.5) is 0 Å². The maximum Gasteiger partial charge on any atom is 0.0589 e. The molecule has 118 valence electrons. The molecule has 3 heteroatoms. The SMILES string of the molecule is CCCC1CC(NCC(c2ccccc2)N(C)C)CCO1. The van der Waals surface area contributed by atoms with Crippen LogP contribution in [0.15, 0.2) is 30.3 Å². The van der Waals surface area contributed by atoms with E-state index in [0.717, 1.165) is 26.0 Å². The van der Waals surface area contributed by atoms with Crippen molar-refractivity contribution in [3.63, 3.8) is 0 Å². The Kier molecular flexibility index (Phi) is 6.68. The van der Waals surface area contributed by atoms with E-state index >= 15 is 0 Å². The fourth-order valence-electron chi connectivity index (χ4n) is 3.14. The quantitative estimate of drug-likeness (QED) is 0.834. The third-order valence-electron chi connectivity index (χ3n) is 4.39. The largest absolute Gasteiger partial charge is 0.378 e. The number of hydrogen-bond donors (Lipinski definition) is 1. The molecular weight excluding hydrogens is 260 g/mol. The van der Waals surface area contributed by atoms with Gasteiger partial charge in [-0.05, 0) is 38.9 Å². The molecule has 0 amide bonds. The van der Waals surface area contributed by atoms with Crippen molar-refractivity contribution in [2.24, 2.45) is 0 Å². The van der Waals surface area contributed by atoms with Gasteiger partial charge in [0, 0.05) is 25.2 Å². The summed E-state index contributed by atoms with van der Waals surface area (Å²) in [5, 5.41) is 3.77. The van der Waals surface area contributed by atoms with Gasteiger partial charge in [-0.3, -0.25) is 0 Å². The van der Waals surface area contributed by atoms with E-state index in [2.05, 4.69) is 61.6 Å². The van der Waals surface area contributed by atoms with Crippen LogP contribution < -0.4 is 5.32 Å². The number of ether oxygens (including phenoxy) is 1. The minimum Gasteiger partial charge on any atom is -0.378 e. The fourth-order valence-corrected chi connectivity index (χ4v) is 3.14. The lowest BCUT2D eigenvalue weighted by molar-refractivity contribution is -0.00396. The van der Waals surface area contributed by atoms with Gasteiger partial charge >= 0.3 is 0 Å². The molecule has 0 spiro atoms. The Hall–Kier alpha value is -0.900. The number of benzene rings is 1. The molecule has 1 fully saturated rings. The van der Waals surface area contributed by atoms with Gasteiger partial charge in [-0.2, -0.15) is 0 Å². The standard InChI is InChI=1S/C18H30N2O/c1-4-8-17-13-16(11-12-21-17)19-14-18(20(2)3)15-9-6-5-7-10-15/h5-7,9-10,16-19H,4,8,11-14H2,1-3H3. The monoisotopic (exact) mass is 290 g/mol. The first-order valence-electron chi connectivity index (χ1n) is 8.27. The van der Waals surface area contributed by atoms with Crippen LogP contribution in [-0.4, -0.2) is 44.3 Å². The molecule has 0 saturated carbocycles. The number of nitrogens with one attached hydrogen (secondary N) is 1. The number of hydrogen-bond acceptors (Lipinski definition) is 3. The highest BCUT2D eigenvalue weighted by atomic mass is 16.5. The molecule has 1 saturated heterocycles. The first-order valence-corrected chi connectivity index (χ1v) is 8.27. The van der Waals surface area contributed by atoms with Crippen LogP contribution in [0.5, 0.6) is 0 Å². The molecule has 1 N–H and O–H groups in total. The van der Waals surface area contributed by atoms with Crippen molar-refractivity contribution in [2.45, 2.75) is 50.8 Å². The van der Waals surface area contributed by atoms with Crippen molar-refractivity contribution in [3.05, 3.63) is 35.9 Å². The van der Waals surface area contributed by atoms with E-state index in [1.54, 1.807) is 0 Å². The predicted molar refractivity (Wildman–Crippen MR) is 88.5 cm³/mol. The van der Waals surface area contributed by atoms with Crippen LogP contribution in [0.1, 0.15) is 44.2 Å². The Labute approximate surface area is 129 Å². The van der Waals surface area contributed by atoms with E-state index in [4.69, 9.17) is 4.74 Å². The second-order valence-corrected chi connectivity index (χ2v) is 6.30. The fraction of sp³-hybridized carbons (Fsp3) is 0.667. The summed E-state index contributed by atoms with van der Waals surface area (Å²) in [7, 11) is 4.31. The summed E-state index contributed by atoms with van der Waals surface area (Å²) in [6.45, 7) is 4.14. The average molecular weight is 290 g/mol. The number of likely N-dealkylation sites (N-methyl/N-ethyl adjacent to an activating group) is 1. The van der Waals surface area contributed by atoms with E-state index in [-0.39, 0.29) is 0 Å². The van der Waals surface area contributed by atoms with Crippen LogP contribution >= 0.6 is 0 Å². The molecule has 0 bridgehead atoms. The van der Waals surface area contributed by atoms with E-state index in [9.17, 15) is 0 Å². The minimum atomic E-state index is 0.429. The third kappa shape index (κ3) is 5.10. The third-order valence-corrected chi connectivity index (χ3v) is 4.39. The molecule has 1 aliphatic rings. The van der Waals surface area contributed by atoms with Gasteiger partial charge < -0.3 is 15.0 Å². The Morgan fingerprint density at radius 2 is 2.05 bits per heavy atom. The van der Waals surface area contributed by atoms with Gasteiger partial charge in [-0.25, -0.2) is 0 Å². The lowest BCUT2D eigenvalue weighted by atomic mass is 9.99. The highest BCUT2D eigenvalue weighted by molar-refractivity contribution is 5.19. The average Bonchev–Trinajstić information content (AvgIpc) is 2.49. The van der Waals surface area contributed by atoms with Crippen molar-refractivity contribution in [3.8, 4) is 0 Å². The maximum absolute atomic E-state index is 5.84. The Balaban J connectivity index is 1.87. The van der Waals surface area contributed by atoms with E-state index in [0.29, 0.717) is 18.2 Å². The molecule has 1 aromatic rings. The second-order valence-electron chi connectivity index (χ2n) is 6.30. The summed E-state index contributed by atoms with van der Waals surface area (Å²) in [4.78, 5) is 2.30. The maximum atomic E-state index is 5.84. The van der Waals surface area contributed by atoms with Crippen LogP contribution in [0.2, 0.25) is 0 Å². The molecule has 3 nitrogen and oxygen atoms in total. The van der Waals surface area contributed by atoms with Gasteiger partial charge in [0.05, 0.1) is 6.10 Å². The minimum absolute atomic E-state index is 0.429. The van der Waals surface area contributed by atoms with Crippen molar-refractivity contribution in [1.82, 2.24) is 10.2 Å². The van der Waals surface area contributed by atoms with E-state index < -0.39 is 0 Å². The normalized spacial score (nSPS) is 24.2. The van der Waals surface area contributed by atoms with Gasteiger partial charge in [0.15, 0.2) is 0 Å². The molecule has 0 aromatic heterocycles. The zero-order valence-electron chi connectivity index (χ0n) is 13.7. The highest BCUT2D eigenvalue weighted by Crippen LogP contribution is 2.20. The summed E-state index contributed by atoms with van der Waals surface area (Å²) in [6.07, 6.45) is 5.14. The van der Waals surface area contributed by atoms with E-state index in [1.165, 1.54) is 18.4 Å². The Morgan fingerprint density at radius 3 is 2.71 bits per heavy atom. The van der Waals surface area contributed by atoms with Crippen LogP contribution in [-0.2, 0) is 4.74 Å². The van der Waals surface area contributed by atoms with Crippen LogP contribution in [0.25, 0.3) is 0 Å². The smallest absolute Gasteiger partial charge is 0.0589 e. The summed E-state index contributed by atoms with van der Waals surface area (Å²) in [6, 6.07) is 11.8. The molecule has 1 heterocycles. The molecule has 1 aromatic carbocycles. The van der Waals surface area contributed by atoms with Crippen LogP contribution in [0.3, 0.4) is 0 Å². The topological polar surface area (TPSA) is 24.5 Å². The first-order chi connectivity index (χ1) is 10.2. The first kappa shape index (κ1) is 16.5. The second kappa shape index (κ2) is 8.52. The Morgan fingerprint density at radius 1 is 1.29 bits per heavy atom. The summed E-state index contributed by atoms with van der Waals surface area (Å²) in [5.41, 5.74) is 1.38. The molecule has 1 aliphatic heterocycles. The molecule has 0 aliphatic carbocycles. The van der Waals surface area contributed by atoms with Crippen molar-refractivity contribution in [1.29, 1.82) is 0 Å². The Bertz CT molecular complexity index is 391. The zero-order valence-corrected chi connectivity index (χ0v) is 13.7. The number of rotatable bonds is 7. The molecule has 0 radical (unpaired) electrons. The summed E-state index contributed by atoms with van der Waals surface area (Å²) < 4.78 is 5.84. The molecule has 21 heavy (non-hydrogen) atoms. The van der Waals surface area contributed by atoms with Gasteiger partial charge in [0.25, 0.3) is 0 Å². The number of nitrogens with zero attached hydrogens (tertiary/aromatic N) is 1. The van der Waals surface area contributed by atoms with Crippen molar-refractivity contribution < 1.29 is 4.74 Å². The highest BCUT2D eigenvalue weighted by Gasteiger charge is 2.23. The predicted octanol–water partition coefficient (Wildman–Crippen LogP) is 3.23. The summed E-state index contributed by atoms with van der Waals surface area (Å²) >= 11 is 0. The van der Waals surface area contributed by atoms with Gasteiger partial charge in [0.1, 0.15) is 0 Å².